The van der Waals surface area contributed by atoms with Gasteiger partial charge in [0.2, 0.25) is 0 Å². The van der Waals surface area contributed by atoms with Gasteiger partial charge in [-0.15, -0.1) is 0 Å². The largest absolute Gasteiger partial charge is 0.333 e. The standard InChI is InChI=1S/C23H29N3O/c27-23(24-19-16-17-25(18-19)20-10-4-1-5-11-20)26(21-12-6-2-7-13-21)22-14-8-3-9-15-22/h2-3,6-9,12-15,19-20H,1,4-5,10-11,16-18H2,(H,24,27)/t19-/m0/s1. The van der Waals surface area contributed by atoms with Crippen LogP contribution in [0.1, 0.15) is 38.5 Å². The average molecular weight is 364 g/mol. The monoisotopic (exact) mass is 363 g/mol. The van der Waals surface area contributed by atoms with E-state index in [1.807, 2.05) is 60.7 Å². The first-order valence-corrected chi connectivity index (χ1v) is 10.3. The van der Waals surface area contributed by atoms with Gasteiger partial charge < -0.3 is 5.32 Å². The van der Waals surface area contributed by atoms with Gasteiger partial charge in [0, 0.05) is 25.2 Å². The summed E-state index contributed by atoms with van der Waals surface area (Å²) in [5.74, 6) is 0. The zero-order valence-corrected chi connectivity index (χ0v) is 15.9. The quantitative estimate of drug-likeness (QED) is 0.835. The van der Waals surface area contributed by atoms with Crippen LogP contribution in [0.4, 0.5) is 16.2 Å². The van der Waals surface area contributed by atoms with Crippen molar-refractivity contribution in [2.45, 2.75) is 50.6 Å². The third-order valence-corrected chi connectivity index (χ3v) is 5.87. The molecule has 0 radical (unpaired) electrons. The maximum Gasteiger partial charge on any atom is 0.326 e. The average Bonchev–Trinajstić information content (AvgIpc) is 3.19. The van der Waals surface area contributed by atoms with E-state index in [4.69, 9.17) is 0 Å². The van der Waals surface area contributed by atoms with Crippen LogP contribution >= 0.6 is 0 Å². The first kappa shape index (κ1) is 18.1. The van der Waals surface area contributed by atoms with E-state index in [1.165, 1.54) is 32.1 Å². The van der Waals surface area contributed by atoms with E-state index in [0.717, 1.165) is 36.9 Å². The molecule has 0 aromatic heterocycles. The molecule has 1 aliphatic heterocycles. The van der Waals surface area contributed by atoms with Crippen molar-refractivity contribution in [3.05, 3.63) is 60.7 Å². The molecule has 2 fully saturated rings. The van der Waals surface area contributed by atoms with Crippen molar-refractivity contribution in [1.29, 1.82) is 0 Å². The molecule has 1 heterocycles. The Bertz CT molecular complexity index is 688. The van der Waals surface area contributed by atoms with E-state index in [0.29, 0.717) is 0 Å². The van der Waals surface area contributed by atoms with Crippen LogP contribution in [0.25, 0.3) is 0 Å². The number of benzene rings is 2. The lowest BCUT2D eigenvalue weighted by molar-refractivity contribution is 0.187. The number of likely N-dealkylation sites (tertiary alicyclic amines) is 1. The van der Waals surface area contributed by atoms with Gasteiger partial charge in [-0.3, -0.25) is 9.80 Å². The Kier molecular flexibility index (Phi) is 5.73. The molecule has 27 heavy (non-hydrogen) atoms. The molecule has 2 amide bonds. The lowest BCUT2D eigenvalue weighted by Gasteiger charge is -2.31. The Morgan fingerprint density at radius 1 is 0.852 bits per heavy atom. The minimum absolute atomic E-state index is 0.0390. The summed E-state index contributed by atoms with van der Waals surface area (Å²) in [6.45, 7) is 2.08. The minimum Gasteiger partial charge on any atom is -0.333 e. The van der Waals surface area contributed by atoms with Gasteiger partial charge in [0.25, 0.3) is 0 Å². The highest BCUT2D eigenvalue weighted by molar-refractivity contribution is 5.99. The van der Waals surface area contributed by atoms with Gasteiger partial charge in [0.1, 0.15) is 0 Å². The molecule has 142 valence electrons. The van der Waals surface area contributed by atoms with Crippen LogP contribution in [0.2, 0.25) is 0 Å². The topological polar surface area (TPSA) is 35.6 Å². The van der Waals surface area contributed by atoms with Crippen molar-refractivity contribution in [1.82, 2.24) is 10.2 Å². The first-order chi connectivity index (χ1) is 13.3. The third-order valence-electron chi connectivity index (χ3n) is 5.87. The molecule has 4 rings (SSSR count). The Morgan fingerprint density at radius 2 is 1.44 bits per heavy atom. The van der Waals surface area contributed by atoms with Crippen LogP contribution in [-0.4, -0.2) is 36.1 Å². The van der Waals surface area contributed by atoms with Gasteiger partial charge in [-0.1, -0.05) is 55.7 Å². The highest BCUT2D eigenvalue weighted by Crippen LogP contribution is 2.27. The molecule has 2 aliphatic rings. The summed E-state index contributed by atoms with van der Waals surface area (Å²) >= 11 is 0. The van der Waals surface area contributed by atoms with Gasteiger partial charge in [-0.2, -0.15) is 0 Å². The second-order valence-electron chi connectivity index (χ2n) is 7.73. The Morgan fingerprint density at radius 3 is 2.04 bits per heavy atom. The van der Waals surface area contributed by atoms with Crippen molar-refractivity contribution in [3.8, 4) is 0 Å². The van der Waals surface area contributed by atoms with Crippen LogP contribution in [0.5, 0.6) is 0 Å². The smallest absolute Gasteiger partial charge is 0.326 e. The number of nitrogens with one attached hydrogen (secondary N) is 1. The summed E-state index contributed by atoms with van der Waals surface area (Å²) < 4.78 is 0. The number of hydrogen-bond acceptors (Lipinski definition) is 2. The van der Waals surface area contributed by atoms with E-state index < -0.39 is 0 Å². The maximum atomic E-state index is 13.2. The number of para-hydroxylation sites is 2. The molecule has 1 atom stereocenters. The van der Waals surface area contributed by atoms with Crippen LogP contribution < -0.4 is 10.2 Å². The lowest BCUT2D eigenvalue weighted by atomic mass is 9.94. The molecule has 1 saturated heterocycles. The van der Waals surface area contributed by atoms with Crippen LogP contribution in [0, 0.1) is 0 Å². The summed E-state index contributed by atoms with van der Waals surface area (Å²) in [6.07, 6.45) is 7.77. The molecule has 4 heteroatoms. The summed E-state index contributed by atoms with van der Waals surface area (Å²) in [5.41, 5.74) is 1.78. The predicted molar refractivity (Wildman–Crippen MR) is 110 cm³/mol. The number of amides is 2. The summed E-state index contributed by atoms with van der Waals surface area (Å²) in [6, 6.07) is 20.7. The summed E-state index contributed by atoms with van der Waals surface area (Å²) in [7, 11) is 0. The lowest BCUT2D eigenvalue weighted by Crippen LogP contribution is -2.45. The number of anilines is 2. The van der Waals surface area contributed by atoms with Gasteiger partial charge in [-0.05, 0) is 43.5 Å². The summed E-state index contributed by atoms with van der Waals surface area (Å²) in [4.78, 5) is 17.6. The normalized spacial score (nSPS) is 21.1. The number of rotatable bonds is 4. The van der Waals surface area contributed by atoms with E-state index in [-0.39, 0.29) is 12.1 Å². The fourth-order valence-corrected chi connectivity index (χ4v) is 4.46. The van der Waals surface area contributed by atoms with E-state index in [9.17, 15) is 4.79 Å². The van der Waals surface area contributed by atoms with Crippen molar-refractivity contribution in [2.24, 2.45) is 0 Å². The molecule has 1 aliphatic carbocycles. The minimum atomic E-state index is -0.0390. The van der Waals surface area contributed by atoms with Crippen LogP contribution in [-0.2, 0) is 0 Å². The van der Waals surface area contributed by atoms with Crippen molar-refractivity contribution in [3.63, 3.8) is 0 Å². The fourth-order valence-electron chi connectivity index (χ4n) is 4.46. The molecule has 2 aromatic rings. The number of urea groups is 1. The molecule has 1 saturated carbocycles. The van der Waals surface area contributed by atoms with Gasteiger partial charge >= 0.3 is 6.03 Å². The second-order valence-corrected chi connectivity index (χ2v) is 7.73. The highest BCUT2D eigenvalue weighted by atomic mass is 16.2. The number of carbonyl (C=O) groups excluding carboxylic acids is 1. The third kappa shape index (κ3) is 4.33. The summed E-state index contributed by atoms with van der Waals surface area (Å²) in [5, 5.41) is 3.29. The Hall–Kier alpha value is -2.33. The van der Waals surface area contributed by atoms with Crippen molar-refractivity contribution in [2.75, 3.05) is 18.0 Å². The van der Waals surface area contributed by atoms with E-state index >= 15 is 0 Å². The number of hydrogen-bond donors (Lipinski definition) is 1. The van der Waals surface area contributed by atoms with E-state index in [2.05, 4.69) is 10.2 Å². The zero-order chi connectivity index (χ0) is 18.5. The van der Waals surface area contributed by atoms with Crippen molar-refractivity contribution < 1.29 is 4.79 Å². The van der Waals surface area contributed by atoms with Crippen LogP contribution in [0.15, 0.2) is 60.7 Å². The molecule has 4 nitrogen and oxygen atoms in total. The maximum absolute atomic E-state index is 13.2. The SMILES string of the molecule is O=C(N[C@H]1CCN(C2CCCCC2)C1)N(c1ccccc1)c1ccccc1. The fraction of sp³-hybridized carbons (Fsp3) is 0.435. The molecule has 2 aromatic carbocycles. The molecule has 0 spiro atoms. The van der Waals surface area contributed by atoms with Gasteiger partial charge in [-0.25, -0.2) is 4.79 Å². The second kappa shape index (κ2) is 8.57. The number of carbonyl (C=O) groups is 1. The molecular weight excluding hydrogens is 334 g/mol. The predicted octanol–water partition coefficient (Wildman–Crippen LogP) is 4.94. The first-order valence-electron chi connectivity index (χ1n) is 10.3. The molecule has 0 bridgehead atoms. The van der Waals surface area contributed by atoms with Crippen molar-refractivity contribution >= 4 is 17.4 Å². The Balaban J connectivity index is 1.45. The zero-order valence-electron chi connectivity index (χ0n) is 15.9. The molecular formula is C23H29N3O. The Labute approximate surface area is 162 Å². The molecule has 0 unspecified atom stereocenters. The van der Waals surface area contributed by atoms with Gasteiger partial charge in [0.05, 0.1) is 11.4 Å². The number of nitrogens with zero attached hydrogens (tertiary/aromatic N) is 2. The van der Waals surface area contributed by atoms with E-state index in [1.54, 1.807) is 4.90 Å². The highest BCUT2D eigenvalue weighted by Gasteiger charge is 2.31. The van der Waals surface area contributed by atoms with Crippen LogP contribution in [0.3, 0.4) is 0 Å². The molecule has 1 N–H and O–H groups in total. The van der Waals surface area contributed by atoms with Gasteiger partial charge in [0.15, 0.2) is 0 Å².